The molecule has 0 bridgehead atoms. The SMILES string of the molecule is C[SiH](C)Oc1c(Br)cc(F)cc1-c1ccc(C(C)(C)C)cc1. The van der Waals surface area contributed by atoms with Crippen LogP contribution in [0.2, 0.25) is 13.1 Å². The van der Waals surface area contributed by atoms with Crippen LogP contribution in [0.5, 0.6) is 5.75 Å². The van der Waals surface area contributed by atoms with Gasteiger partial charge in [0.1, 0.15) is 11.6 Å². The lowest BCUT2D eigenvalue weighted by molar-refractivity contribution is 0.571. The van der Waals surface area contributed by atoms with E-state index in [1.165, 1.54) is 11.6 Å². The van der Waals surface area contributed by atoms with Crippen LogP contribution < -0.4 is 4.43 Å². The average molecular weight is 381 g/mol. The lowest BCUT2D eigenvalue weighted by atomic mass is 9.86. The zero-order valence-corrected chi connectivity index (χ0v) is 16.4. The van der Waals surface area contributed by atoms with Crippen LogP contribution in [0.4, 0.5) is 4.39 Å². The highest BCUT2D eigenvalue weighted by Gasteiger charge is 2.17. The summed E-state index contributed by atoms with van der Waals surface area (Å²) in [6.45, 7) is 10.7. The van der Waals surface area contributed by atoms with Crippen LogP contribution in [0.3, 0.4) is 0 Å². The van der Waals surface area contributed by atoms with Crippen molar-refractivity contribution >= 4 is 25.0 Å². The monoisotopic (exact) mass is 380 g/mol. The molecular formula is C18H22BrFOSi. The molecule has 0 N–H and O–H groups in total. The summed E-state index contributed by atoms with van der Waals surface area (Å²) in [6.07, 6.45) is 0. The van der Waals surface area contributed by atoms with Gasteiger partial charge in [0, 0.05) is 5.56 Å². The van der Waals surface area contributed by atoms with Gasteiger partial charge in [0.15, 0.2) is 0 Å². The van der Waals surface area contributed by atoms with Gasteiger partial charge in [-0.1, -0.05) is 45.0 Å². The Hall–Kier alpha value is -1.13. The topological polar surface area (TPSA) is 9.23 Å². The van der Waals surface area contributed by atoms with Gasteiger partial charge in [-0.3, -0.25) is 0 Å². The van der Waals surface area contributed by atoms with Gasteiger partial charge in [0.2, 0.25) is 9.04 Å². The van der Waals surface area contributed by atoms with Crippen LogP contribution in [0.25, 0.3) is 11.1 Å². The Labute approximate surface area is 142 Å². The molecule has 1 nitrogen and oxygen atoms in total. The van der Waals surface area contributed by atoms with E-state index in [0.29, 0.717) is 4.47 Å². The Morgan fingerprint density at radius 2 is 1.64 bits per heavy atom. The highest BCUT2D eigenvalue weighted by Crippen LogP contribution is 2.38. The molecule has 2 aromatic carbocycles. The van der Waals surface area contributed by atoms with Crippen molar-refractivity contribution in [2.75, 3.05) is 0 Å². The molecule has 2 rings (SSSR count). The number of hydrogen-bond donors (Lipinski definition) is 0. The molecule has 0 unspecified atom stereocenters. The third kappa shape index (κ3) is 3.99. The van der Waals surface area contributed by atoms with E-state index in [0.717, 1.165) is 16.9 Å². The highest BCUT2D eigenvalue weighted by atomic mass is 79.9. The van der Waals surface area contributed by atoms with Crippen LogP contribution in [0, 0.1) is 5.82 Å². The van der Waals surface area contributed by atoms with E-state index >= 15 is 0 Å². The molecule has 0 radical (unpaired) electrons. The van der Waals surface area contributed by atoms with Gasteiger partial charge in [0.05, 0.1) is 4.47 Å². The fraction of sp³-hybridized carbons (Fsp3) is 0.333. The predicted octanol–water partition coefficient (Wildman–Crippen LogP) is 5.91. The maximum Gasteiger partial charge on any atom is 0.229 e. The van der Waals surface area contributed by atoms with E-state index in [1.807, 2.05) is 12.1 Å². The van der Waals surface area contributed by atoms with Gasteiger partial charge in [-0.15, -0.1) is 0 Å². The number of rotatable bonds is 3. The minimum absolute atomic E-state index is 0.102. The third-order valence-electron chi connectivity index (χ3n) is 3.42. The molecular weight excluding hydrogens is 359 g/mol. The van der Waals surface area contributed by atoms with E-state index in [-0.39, 0.29) is 11.2 Å². The Balaban J connectivity index is 2.51. The predicted molar refractivity (Wildman–Crippen MR) is 97.7 cm³/mol. The van der Waals surface area contributed by atoms with Gasteiger partial charge < -0.3 is 4.43 Å². The maximum absolute atomic E-state index is 13.8. The van der Waals surface area contributed by atoms with Crippen LogP contribution in [0.15, 0.2) is 40.9 Å². The fourth-order valence-electron chi connectivity index (χ4n) is 2.28. The number of hydrogen-bond acceptors (Lipinski definition) is 1. The van der Waals surface area contributed by atoms with Crippen LogP contribution in [0.1, 0.15) is 26.3 Å². The first-order valence-corrected chi connectivity index (χ1v) is 11.0. The van der Waals surface area contributed by atoms with Crippen molar-refractivity contribution in [3.63, 3.8) is 0 Å². The van der Waals surface area contributed by atoms with Crippen LogP contribution >= 0.6 is 15.9 Å². The van der Waals surface area contributed by atoms with Crippen molar-refractivity contribution in [2.24, 2.45) is 0 Å². The lowest BCUT2D eigenvalue weighted by Gasteiger charge is -2.20. The molecule has 0 aliphatic rings. The molecule has 0 heterocycles. The first-order chi connectivity index (χ1) is 10.2. The van der Waals surface area contributed by atoms with Crippen molar-refractivity contribution in [1.29, 1.82) is 0 Å². The summed E-state index contributed by atoms with van der Waals surface area (Å²) >= 11 is 3.43. The molecule has 4 heteroatoms. The summed E-state index contributed by atoms with van der Waals surface area (Å²) in [4.78, 5) is 0. The molecule has 0 saturated heterocycles. The second-order valence-electron chi connectivity index (χ2n) is 6.76. The Bertz CT molecular complexity index is 660. The molecule has 2 aromatic rings. The van der Waals surface area contributed by atoms with Gasteiger partial charge in [-0.2, -0.15) is 0 Å². The molecule has 0 aromatic heterocycles. The first kappa shape index (κ1) is 17.2. The summed E-state index contributed by atoms with van der Waals surface area (Å²) in [5.74, 6) is 0.478. The van der Waals surface area contributed by atoms with E-state index in [1.54, 1.807) is 6.07 Å². The zero-order valence-electron chi connectivity index (χ0n) is 13.7. The zero-order chi connectivity index (χ0) is 16.5. The Kier molecular flexibility index (Phi) is 5.13. The second kappa shape index (κ2) is 6.55. The Morgan fingerprint density at radius 1 is 1.05 bits per heavy atom. The average Bonchev–Trinajstić information content (AvgIpc) is 2.40. The molecule has 0 saturated carbocycles. The second-order valence-corrected chi connectivity index (χ2v) is 9.95. The molecule has 0 aliphatic carbocycles. The molecule has 0 aliphatic heterocycles. The van der Waals surface area contributed by atoms with Gasteiger partial charge >= 0.3 is 0 Å². The number of benzene rings is 2. The van der Waals surface area contributed by atoms with E-state index in [4.69, 9.17) is 4.43 Å². The van der Waals surface area contributed by atoms with Gasteiger partial charge in [-0.25, -0.2) is 4.39 Å². The van der Waals surface area contributed by atoms with Gasteiger partial charge in [0.25, 0.3) is 0 Å². The van der Waals surface area contributed by atoms with Crippen molar-refractivity contribution < 1.29 is 8.82 Å². The number of halogens is 2. The Morgan fingerprint density at radius 3 is 2.14 bits per heavy atom. The maximum atomic E-state index is 13.8. The quantitative estimate of drug-likeness (QED) is 0.600. The van der Waals surface area contributed by atoms with Gasteiger partial charge in [-0.05, 0) is 57.7 Å². The normalized spacial score (nSPS) is 11.8. The molecule has 0 atom stereocenters. The first-order valence-electron chi connectivity index (χ1n) is 7.45. The molecule has 0 amide bonds. The highest BCUT2D eigenvalue weighted by molar-refractivity contribution is 9.10. The summed E-state index contributed by atoms with van der Waals surface area (Å²) in [5.41, 5.74) is 3.13. The molecule has 118 valence electrons. The van der Waals surface area contributed by atoms with Crippen molar-refractivity contribution in [3.8, 4) is 16.9 Å². The van der Waals surface area contributed by atoms with Crippen LogP contribution in [-0.4, -0.2) is 9.04 Å². The molecule has 0 fully saturated rings. The van der Waals surface area contributed by atoms with E-state index in [9.17, 15) is 4.39 Å². The van der Waals surface area contributed by atoms with Crippen molar-refractivity contribution in [1.82, 2.24) is 0 Å². The summed E-state index contributed by atoms with van der Waals surface area (Å²) in [7, 11) is -1.28. The fourth-order valence-corrected chi connectivity index (χ4v) is 3.70. The molecule has 22 heavy (non-hydrogen) atoms. The minimum atomic E-state index is -1.28. The van der Waals surface area contributed by atoms with E-state index in [2.05, 4.69) is 61.9 Å². The minimum Gasteiger partial charge on any atom is -0.546 e. The summed E-state index contributed by atoms with van der Waals surface area (Å²) < 4.78 is 20.5. The smallest absolute Gasteiger partial charge is 0.229 e. The van der Waals surface area contributed by atoms with Crippen molar-refractivity contribution in [3.05, 3.63) is 52.3 Å². The standard InChI is InChI=1S/C18H22BrFOSi/c1-18(2,3)13-8-6-12(7-9-13)15-10-14(20)11-16(19)17(15)21-22(4)5/h6-11,22H,1-5H3. The summed E-state index contributed by atoms with van der Waals surface area (Å²) in [5, 5.41) is 0. The van der Waals surface area contributed by atoms with E-state index < -0.39 is 9.04 Å². The lowest BCUT2D eigenvalue weighted by Crippen LogP contribution is -2.13. The van der Waals surface area contributed by atoms with Crippen LogP contribution in [-0.2, 0) is 5.41 Å². The molecule has 0 spiro atoms. The third-order valence-corrected chi connectivity index (χ3v) is 4.72. The summed E-state index contributed by atoms with van der Waals surface area (Å²) in [6, 6.07) is 11.3. The van der Waals surface area contributed by atoms with Crippen molar-refractivity contribution in [2.45, 2.75) is 39.3 Å². The largest absolute Gasteiger partial charge is 0.546 e.